The molecule has 0 aliphatic rings. The third kappa shape index (κ3) is 10.4. The summed E-state index contributed by atoms with van der Waals surface area (Å²) < 4.78 is 11.5. The predicted octanol–water partition coefficient (Wildman–Crippen LogP) is 4.91. The van der Waals surface area contributed by atoms with Gasteiger partial charge in [-0.25, -0.2) is 4.79 Å². The van der Waals surface area contributed by atoms with Crippen LogP contribution in [0.15, 0.2) is 18.2 Å². The topological polar surface area (TPSA) is 73.6 Å². The minimum absolute atomic E-state index is 0.203. The van der Waals surface area contributed by atoms with Gasteiger partial charge in [-0.2, -0.15) is 0 Å². The van der Waals surface area contributed by atoms with Crippen molar-refractivity contribution >= 4 is 20.1 Å². The Morgan fingerprint density at radius 2 is 1.82 bits per heavy atom. The van der Waals surface area contributed by atoms with E-state index in [0.717, 1.165) is 17.2 Å². The van der Waals surface area contributed by atoms with Gasteiger partial charge < -0.3 is 20.2 Å². The Kier molecular flexibility index (Phi) is 8.15. The van der Waals surface area contributed by atoms with Crippen LogP contribution in [0.1, 0.15) is 52.7 Å². The van der Waals surface area contributed by atoms with Crippen LogP contribution in [0.2, 0.25) is 19.1 Å². The molecule has 0 bridgehead atoms. The van der Waals surface area contributed by atoms with E-state index in [2.05, 4.69) is 51.0 Å². The van der Waals surface area contributed by atoms with Crippen molar-refractivity contribution in [3.8, 4) is 11.8 Å². The van der Waals surface area contributed by atoms with Gasteiger partial charge >= 0.3 is 6.09 Å². The SMILES string of the molecule is CC(C)(C)C[Si](C)(C)OCc1ccc(N)cc1C#CCNC(=O)OC(C)(C)C. The van der Waals surface area contributed by atoms with E-state index in [-0.39, 0.29) is 12.0 Å². The molecule has 0 saturated carbocycles. The number of hydrogen-bond acceptors (Lipinski definition) is 4. The molecule has 0 aliphatic heterocycles. The van der Waals surface area contributed by atoms with Crippen LogP contribution in [-0.4, -0.2) is 26.6 Å². The first-order valence-corrected chi connectivity index (χ1v) is 12.8. The van der Waals surface area contributed by atoms with E-state index >= 15 is 0 Å². The molecule has 0 saturated heterocycles. The average Bonchev–Trinajstić information content (AvgIpc) is 2.46. The Morgan fingerprint density at radius 3 is 2.39 bits per heavy atom. The zero-order valence-corrected chi connectivity index (χ0v) is 19.7. The Hall–Kier alpha value is -1.97. The number of hydrogen-bond donors (Lipinski definition) is 2. The summed E-state index contributed by atoms with van der Waals surface area (Å²) in [5, 5.41) is 2.64. The molecule has 0 heterocycles. The maximum absolute atomic E-state index is 11.7. The monoisotopic (exact) mass is 404 g/mol. The van der Waals surface area contributed by atoms with Crippen molar-refractivity contribution in [2.45, 2.75) is 72.9 Å². The summed E-state index contributed by atoms with van der Waals surface area (Å²) in [4.78, 5) is 11.7. The molecule has 1 amide bonds. The van der Waals surface area contributed by atoms with Crippen molar-refractivity contribution in [1.29, 1.82) is 0 Å². The van der Waals surface area contributed by atoms with E-state index in [9.17, 15) is 4.79 Å². The van der Waals surface area contributed by atoms with Crippen molar-refractivity contribution in [2.24, 2.45) is 5.41 Å². The van der Waals surface area contributed by atoms with E-state index in [0.29, 0.717) is 12.3 Å². The van der Waals surface area contributed by atoms with Crippen molar-refractivity contribution in [2.75, 3.05) is 12.3 Å². The molecule has 0 unspecified atom stereocenters. The number of ether oxygens (including phenoxy) is 1. The van der Waals surface area contributed by atoms with Crippen molar-refractivity contribution < 1.29 is 14.0 Å². The fourth-order valence-electron chi connectivity index (χ4n) is 3.01. The van der Waals surface area contributed by atoms with Crippen LogP contribution in [0.25, 0.3) is 0 Å². The van der Waals surface area contributed by atoms with Gasteiger partial charge in [0.1, 0.15) is 5.60 Å². The van der Waals surface area contributed by atoms with E-state index in [1.165, 1.54) is 0 Å². The molecule has 6 heteroatoms. The number of nitrogens with two attached hydrogens (primary N) is 1. The molecule has 0 atom stereocenters. The maximum atomic E-state index is 11.7. The second kappa shape index (κ2) is 9.49. The second-order valence-corrected chi connectivity index (χ2v) is 14.0. The molecule has 0 fully saturated rings. The molecule has 156 valence electrons. The molecule has 0 spiro atoms. The number of anilines is 1. The van der Waals surface area contributed by atoms with E-state index in [1.807, 2.05) is 39.0 Å². The van der Waals surface area contributed by atoms with Crippen LogP contribution < -0.4 is 11.1 Å². The Morgan fingerprint density at radius 1 is 1.18 bits per heavy atom. The predicted molar refractivity (Wildman–Crippen MR) is 119 cm³/mol. The number of nitrogens with one attached hydrogen (secondary N) is 1. The van der Waals surface area contributed by atoms with Gasteiger partial charge in [-0.15, -0.1) is 0 Å². The first kappa shape index (κ1) is 24.1. The molecule has 1 aromatic carbocycles. The lowest BCUT2D eigenvalue weighted by atomic mass is 10.0. The zero-order chi connectivity index (χ0) is 21.6. The van der Waals surface area contributed by atoms with Gasteiger partial charge in [0.15, 0.2) is 8.32 Å². The number of nitrogen functional groups attached to an aromatic ring is 1. The lowest BCUT2D eigenvalue weighted by molar-refractivity contribution is 0.0535. The van der Waals surface area contributed by atoms with E-state index < -0.39 is 20.0 Å². The van der Waals surface area contributed by atoms with Crippen molar-refractivity contribution in [3.63, 3.8) is 0 Å². The third-order valence-corrected chi connectivity index (χ3v) is 6.49. The van der Waals surface area contributed by atoms with Crippen molar-refractivity contribution in [3.05, 3.63) is 29.3 Å². The van der Waals surface area contributed by atoms with Crippen LogP contribution in [0.5, 0.6) is 0 Å². The summed E-state index contributed by atoms with van der Waals surface area (Å²) in [6.45, 7) is 17.4. The maximum Gasteiger partial charge on any atom is 0.408 e. The third-order valence-electron chi connectivity index (χ3n) is 3.65. The summed E-state index contributed by atoms with van der Waals surface area (Å²) >= 11 is 0. The summed E-state index contributed by atoms with van der Waals surface area (Å²) in [7, 11) is -1.79. The summed E-state index contributed by atoms with van der Waals surface area (Å²) in [6, 6.07) is 6.75. The van der Waals surface area contributed by atoms with Gasteiger partial charge in [0, 0.05) is 11.3 Å². The molecule has 0 radical (unpaired) electrons. The normalized spacial score (nSPS) is 12.1. The zero-order valence-electron chi connectivity index (χ0n) is 18.7. The Balaban J connectivity index is 2.76. The first-order valence-electron chi connectivity index (χ1n) is 9.65. The highest BCUT2D eigenvalue weighted by molar-refractivity contribution is 6.71. The smallest absolute Gasteiger partial charge is 0.408 e. The molecule has 5 nitrogen and oxygen atoms in total. The minimum atomic E-state index is -1.79. The molecule has 1 aromatic rings. The van der Waals surface area contributed by atoms with Crippen molar-refractivity contribution in [1.82, 2.24) is 5.32 Å². The molecule has 0 aromatic heterocycles. The lowest BCUT2D eigenvalue weighted by Crippen LogP contribution is -2.34. The number of amides is 1. The Labute approximate surface area is 171 Å². The number of alkyl carbamates (subject to hydrolysis) is 1. The molecule has 0 aliphatic carbocycles. The average molecular weight is 405 g/mol. The van der Waals surface area contributed by atoms with Gasteiger partial charge in [0.2, 0.25) is 0 Å². The fraction of sp³-hybridized carbons (Fsp3) is 0.591. The number of carbonyl (C=O) groups is 1. The number of rotatable bonds is 5. The minimum Gasteiger partial charge on any atom is -0.444 e. The summed E-state index contributed by atoms with van der Waals surface area (Å²) in [5.41, 5.74) is 8.13. The highest BCUT2D eigenvalue weighted by Crippen LogP contribution is 2.29. The van der Waals surface area contributed by atoms with Gasteiger partial charge in [-0.05, 0) is 63.0 Å². The Bertz CT molecular complexity index is 735. The largest absolute Gasteiger partial charge is 0.444 e. The summed E-state index contributed by atoms with van der Waals surface area (Å²) in [6.07, 6.45) is -0.479. The van der Waals surface area contributed by atoms with Crippen LogP contribution in [0.4, 0.5) is 10.5 Å². The second-order valence-electron chi connectivity index (χ2n) is 9.86. The molecular formula is C22H36N2O3Si. The fourth-order valence-corrected chi connectivity index (χ4v) is 6.21. The highest BCUT2D eigenvalue weighted by atomic mass is 28.4. The first-order chi connectivity index (χ1) is 12.7. The lowest BCUT2D eigenvalue weighted by Gasteiger charge is -2.30. The molecule has 3 N–H and O–H groups in total. The summed E-state index contributed by atoms with van der Waals surface area (Å²) in [5.74, 6) is 6.05. The van der Waals surface area contributed by atoms with E-state index in [4.69, 9.17) is 14.9 Å². The standard InChI is InChI=1S/C22H36N2O3Si/c1-21(2,3)16-28(7,8)26-15-18-11-12-19(23)14-17(18)10-9-13-24-20(25)27-22(4,5)6/h11-12,14H,13,15-16,23H2,1-8H3,(H,24,25). The van der Waals surface area contributed by atoms with Crippen LogP contribution in [0, 0.1) is 17.3 Å². The number of carbonyl (C=O) groups excluding carboxylic acids is 1. The number of benzene rings is 1. The molecular weight excluding hydrogens is 368 g/mol. The van der Waals surface area contributed by atoms with Gasteiger partial charge in [-0.1, -0.05) is 38.7 Å². The van der Waals surface area contributed by atoms with E-state index in [1.54, 1.807) is 0 Å². The molecule has 1 rings (SSSR count). The molecule has 28 heavy (non-hydrogen) atoms. The quantitative estimate of drug-likeness (QED) is 0.415. The van der Waals surface area contributed by atoms with Crippen LogP contribution >= 0.6 is 0 Å². The van der Waals surface area contributed by atoms with Crippen LogP contribution in [-0.2, 0) is 15.8 Å². The van der Waals surface area contributed by atoms with Crippen LogP contribution in [0.3, 0.4) is 0 Å². The van der Waals surface area contributed by atoms with Gasteiger partial charge in [-0.3, -0.25) is 0 Å². The van der Waals surface area contributed by atoms with Gasteiger partial charge in [0.25, 0.3) is 0 Å². The highest BCUT2D eigenvalue weighted by Gasteiger charge is 2.29. The van der Waals surface area contributed by atoms with Gasteiger partial charge in [0.05, 0.1) is 13.2 Å².